The van der Waals surface area contributed by atoms with Crippen molar-refractivity contribution in [2.75, 3.05) is 24.3 Å². The second-order valence-electron chi connectivity index (χ2n) is 6.28. The summed E-state index contributed by atoms with van der Waals surface area (Å²) < 4.78 is 18.3. The Morgan fingerprint density at radius 1 is 1.27 bits per heavy atom. The summed E-state index contributed by atoms with van der Waals surface area (Å²) in [5.41, 5.74) is 7.67. The number of pyridine rings is 1. The lowest BCUT2D eigenvalue weighted by Gasteiger charge is -2.15. The fourth-order valence-corrected chi connectivity index (χ4v) is 3.06. The summed E-state index contributed by atoms with van der Waals surface area (Å²) in [7, 11) is 0. The normalized spacial score (nSPS) is 10.6. The number of ether oxygens (including phenoxy) is 1. The molecule has 30 heavy (non-hydrogen) atoms. The Labute approximate surface area is 176 Å². The van der Waals surface area contributed by atoms with E-state index in [2.05, 4.69) is 10.3 Å². The van der Waals surface area contributed by atoms with Gasteiger partial charge in [0.15, 0.2) is 0 Å². The molecule has 2 aromatic carbocycles. The van der Waals surface area contributed by atoms with Crippen LogP contribution in [-0.4, -0.2) is 34.4 Å². The number of aliphatic hydroxyl groups excluding tert-OH is 1. The number of carbonyl (C=O) groups is 1. The molecule has 0 aliphatic carbocycles. The van der Waals surface area contributed by atoms with Crippen LogP contribution >= 0.6 is 11.6 Å². The van der Waals surface area contributed by atoms with Gasteiger partial charge >= 0.3 is 5.97 Å². The van der Waals surface area contributed by atoms with Crippen LogP contribution in [-0.2, 0) is 11.4 Å². The Morgan fingerprint density at radius 3 is 2.80 bits per heavy atom. The number of phenols is 1. The number of aromatic nitrogens is 1. The van der Waals surface area contributed by atoms with Gasteiger partial charge in [0.05, 0.1) is 23.6 Å². The summed E-state index contributed by atoms with van der Waals surface area (Å²) in [6, 6.07) is 10.8. The number of anilines is 3. The maximum absolute atomic E-state index is 13.4. The van der Waals surface area contributed by atoms with Gasteiger partial charge in [-0.2, -0.15) is 0 Å². The monoisotopic (exact) mass is 431 g/mol. The number of halogens is 2. The van der Waals surface area contributed by atoms with Crippen molar-refractivity contribution < 1.29 is 24.1 Å². The molecule has 9 heteroatoms. The number of rotatable bonds is 7. The van der Waals surface area contributed by atoms with Crippen LogP contribution in [0.1, 0.15) is 15.9 Å². The van der Waals surface area contributed by atoms with Crippen molar-refractivity contribution in [3.63, 3.8) is 0 Å². The first kappa shape index (κ1) is 21.4. The van der Waals surface area contributed by atoms with Gasteiger partial charge in [-0.25, -0.2) is 9.18 Å². The number of benzene rings is 2. The smallest absolute Gasteiger partial charge is 0.340 e. The summed E-state index contributed by atoms with van der Waals surface area (Å²) in [4.78, 5) is 16.5. The van der Waals surface area contributed by atoms with E-state index in [4.69, 9.17) is 27.2 Å². The van der Waals surface area contributed by atoms with E-state index in [0.29, 0.717) is 22.0 Å². The standard InChI is InChI=1S/C21H19ClFN3O4/c22-13-3-4-18(12(8-13)11-23)26-14-9-16(20(28)17(24)10-14)19-15(2-1-5-25-19)21(29)30-7-6-27/h1-5,8-10,26-28H,6-7,11,24H2. The first-order valence-electron chi connectivity index (χ1n) is 8.92. The Balaban J connectivity index is 2.04. The van der Waals surface area contributed by atoms with E-state index in [1.807, 2.05) is 0 Å². The summed E-state index contributed by atoms with van der Waals surface area (Å²) in [5.74, 6) is -0.974. The van der Waals surface area contributed by atoms with E-state index in [0.717, 1.165) is 0 Å². The molecular weight excluding hydrogens is 413 g/mol. The Kier molecular flexibility index (Phi) is 6.71. The van der Waals surface area contributed by atoms with Gasteiger partial charge in [-0.3, -0.25) is 4.98 Å². The van der Waals surface area contributed by atoms with Gasteiger partial charge in [-0.1, -0.05) is 11.6 Å². The van der Waals surface area contributed by atoms with E-state index >= 15 is 0 Å². The molecular formula is C21H19ClFN3O4. The van der Waals surface area contributed by atoms with E-state index in [1.165, 1.54) is 30.5 Å². The van der Waals surface area contributed by atoms with E-state index in [9.17, 15) is 14.3 Å². The van der Waals surface area contributed by atoms with E-state index < -0.39 is 12.6 Å². The molecule has 156 valence electrons. The number of aromatic hydroxyl groups is 1. The largest absolute Gasteiger partial charge is 0.505 e. The number of hydrogen-bond donors (Lipinski definition) is 4. The van der Waals surface area contributed by atoms with Crippen LogP contribution in [0.3, 0.4) is 0 Å². The van der Waals surface area contributed by atoms with Gasteiger partial charge < -0.3 is 26.0 Å². The van der Waals surface area contributed by atoms with Crippen molar-refractivity contribution in [3.8, 4) is 17.0 Å². The van der Waals surface area contributed by atoms with Crippen LogP contribution in [0, 0.1) is 0 Å². The zero-order chi connectivity index (χ0) is 21.7. The average Bonchev–Trinajstić information content (AvgIpc) is 2.75. The van der Waals surface area contributed by atoms with Crippen LogP contribution < -0.4 is 11.1 Å². The lowest BCUT2D eigenvalue weighted by atomic mass is 10.0. The SMILES string of the molecule is Nc1cc(Nc2ccc(Cl)cc2CF)cc(-c2ncccc2C(=O)OCCO)c1O. The second kappa shape index (κ2) is 9.43. The third kappa shape index (κ3) is 4.61. The van der Waals surface area contributed by atoms with Crippen molar-refractivity contribution in [2.45, 2.75) is 6.67 Å². The number of alkyl halides is 1. The number of aliphatic hydroxyl groups is 1. The number of nitrogen functional groups attached to an aromatic ring is 1. The molecule has 0 radical (unpaired) electrons. The molecule has 0 saturated heterocycles. The molecule has 1 aromatic heterocycles. The first-order valence-corrected chi connectivity index (χ1v) is 9.29. The van der Waals surface area contributed by atoms with Gasteiger partial charge in [-0.15, -0.1) is 0 Å². The van der Waals surface area contributed by atoms with Crippen LogP contribution in [0.5, 0.6) is 5.75 Å². The predicted octanol–water partition coefficient (Wildman–Crippen LogP) is 4.05. The second-order valence-corrected chi connectivity index (χ2v) is 6.72. The van der Waals surface area contributed by atoms with Crippen LogP contribution in [0.25, 0.3) is 11.3 Å². The molecule has 5 N–H and O–H groups in total. The number of phenolic OH excluding ortho intramolecular Hbond substituents is 1. The summed E-state index contributed by atoms with van der Waals surface area (Å²) >= 11 is 5.92. The fourth-order valence-electron chi connectivity index (χ4n) is 2.86. The third-order valence-electron chi connectivity index (χ3n) is 4.24. The molecule has 0 fully saturated rings. The van der Waals surface area contributed by atoms with Gasteiger partial charge in [-0.05, 0) is 42.5 Å². The quantitative estimate of drug-likeness (QED) is 0.193. The molecule has 0 aliphatic rings. The first-order chi connectivity index (χ1) is 14.4. The molecule has 0 saturated carbocycles. The highest BCUT2D eigenvalue weighted by Gasteiger charge is 2.20. The highest BCUT2D eigenvalue weighted by Crippen LogP contribution is 2.39. The lowest BCUT2D eigenvalue weighted by molar-refractivity contribution is 0.0434. The van der Waals surface area contributed by atoms with Crippen molar-refractivity contribution >= 4 is 34.6 Å². The van der Waals surface area contributed by atoms with Gasteiger partial charge in [0, 0.05) is 33.7 Å². The van der Waals surface area contributed by atoms with Crippen LogP contribution in [0.2, 0.25) is 5.02 Å². The molecule has 3 aromatic rings. The fraction of sp³-hybridized carbons (Fsp3) is 0.143. The molecule has 1 heterocycles. The molecule has 0 aliphatic heterocycles. The van der Waals surface area contributed by atoms with Crippen LogP contribution in [0.4, 0.5) is 21.5 Å². The number of hydrogen-bond acceptors (Lipinski definition) is 7. The lowest BCUT2D eigenvalue weighted by Crippen LogP contribution is -2.11. The third-order valence-corrected chi connectivity index (χ3v) is 4.47. The maximum Gasteiger partial charge on any atom is 0.340 e. The minimum absolute atomic E-state index is 0.0334. The Morgan fingerprint density at radius 2 is 2.07 bits per heavy atom. The maximum atomic E-state index is 13.4. The molecule has 0 bridgehead atoms. The molecule has 0 spiro atoms. The van der Waals surface area contributed by atoms with Crippen molar-refractivity contribution in [1.82, 2.24) is 4.98 Å². The van der Waals surface area contributed by atoms with Gasteiger partial charge in [0.2, 0.25) is 0 Å². The van der Waals surface area contributed by atoms with E-state index in [1.54, 1.807) is 18.2 Å². The molecule has 7 nitrogen and oxygen atoms in total. The zero-order valence-corrected chi connectivity index (χ0v) is 16.5. The number of esters is 1. The predicted molar refractivity (Wildman–Crippen MR) is 113 cm³/mol. The Bertz CT molecular complexity index is 1080. The molecule has 0 atom stereocenters. The molecule has 0 amide bonds. The number of nitrogens with zero attached hydrogens (tertiary/aromatic N) is 1. The van der Waals surface area contributed by atoms with E-state index in [-0.39, 0.29) is 41.5 Å². The zero-order valence-electron chi connectivity index (χ0n) is 15.7. The van der Waals surface area contributed by atoms with Gasteiger partial charge in [0.25, 0.3) is 0 Å². The van der Waals surface area contributed by atoms with Crippen molar-refractivity contribution in [2.24, 2.45) is 0 Å². The van der Waals surface area contributed by atoms with Gasteiger partial charge in [0.1, 0.15) is 19.0 Å². The van der Waals surface area contributed by atoms with Crippen molar-refractivity contribution in [1.29, 1.82) is 0 Å². The Hall–Kier alpha value is -3.36. The summed E-state index contributed by atoms with van der Waals surface area (Å²) in [6.07, 6.45) is 1.45. The van der Waals surface area contributed by atoms with Crippen LogP contribution in [0.15, 0.2) is 48.7 Å². The summed E-state index contributed by atoms with van der Waals surface area (Å²) in [6.45, 7) is -1.23. The minimum atomic E-state index is -0.732. The highest BCUT2D eigenvalue weighted by molar-refractivity contribution is 6.30. The molecule has 3 rings (SSSR count). The summed E-state index contributed by atoms with van der Waals surface area (Å²) in [5, 5.41) is 22.8. The minimum Gasteiger partial charge on any atom is -0.505 e. The number of nitrogens with two attached hydrogens (primary N) is 1. The highest BCUT2D eigenvalue weighted by atomic mass is 35.5. The number of nitrogens with one attached hydrogen (secondary N) is 1. The topological polar surface area (TPSA) is 118 Å². The number of carbonyl (C=O) groups excluding carboxylic acids is 1. The molecule has 0 unspecified atom stereocenters. The average molecular weight is 432 g/mol. The van der Waals surface area contributed by atoms with Crippen molar-refractivity contribution in [3.05, 3.63) is 64.8 Å².